The smallest absolute Gasteiger partial charge is 0.245 e. The Balaban J connectivity index is 2.34. The van der Waals surface area contributed by atoms with Gasteiger partial charge in [-0.2, -0.15) is 5.26 Å². The number of nitrogens with zero attached hydrogens (tertiary/aromatic N) is 2. The van der Waals surface area contributed by atoms with Crippen molar-refractivity contribution in [1.82, 2.24) is 10.3 Å². The third-order valence-electron chi connectivity index (χ3n) is 2.99. The maximum Gasteiger partial charge on any atom is 0.245 e. The van der Waals surface area contributed by atoms with E-state index in [2.05, 4.69) is 10.3 Å². The first-order valence-electron chi connectivity index (χ1n) is 6.36. The van der Waals surface area contributed by atoms with Gasteiger partial charge in [-0.25, -0.2) is 4.98 Å². The highest BCUT2D eigenvalue weighted by Crippen LogP contribution is 2.32. The van der Waals surface area contributed by atoms with Gasteiger partial charge in [0.15, 0.2) is 5.92 Å². The minimum atomic E-state index is -1.39. The fourth-order valence-corrected chi connectivity index (χ4v) is 2.70. The molecule has 1 amide bonds. The van der Waals surface area contributed by atoms with E-state index < -0.39 is 17.6 Å². The number of carbonyl (C=O) groups excluding carboxylic acids is 2. The number of thiazole rings is 1. The van der Waals surface area contributed by atoms with Crippen LogP contribution in [0.1, 0.15) is 10.5 Å². The molecule has 0 aliphatic heterocycles. The normalized spacial score (nSPS) is 11.3. The molecule has 0 aliphatic rings. The van der Waals surface area contributed by atoms with E-state index in [1.807, 2.05) is 18.2 Å². The maximum absolute atomic E-state index is 12.2. The highest BCUT2D eigenvalue weighted by Gasteiger charge is 2.28. The van der Waals surface area contributed by atoms with Crippen LogP contribution in [-0.2, 0) is 4.79 Å². The number of hydrogen-bond donors (Lipinski definition) is 1. The lowest BCUT2D eigenvalue weighted by atomic mass is 10.0. The van der Waals surface area contributed by atoms with Crippen LogP contribution < -0.4 is 10.1 Å². The molecule has 1 aromatic carbocycles. The van der Waals surface area contributed by atoms with Crippen LogP contribution in [0.15, 0.2) is 29.6 Å². The number of nitrogens with one attached hydrogen (secondary N) is 1. The van der Waals surface area contributed by atoms with Gasteiger partial charge in [0, 0.05) is 12.4 Å². The van der Waals surface area contributed by atoms with Crippen LogP contribution >= 0.6 is 11.3 Å². The van der Waals surface area contributed by atoms with E-state index in [4.69, 9.17) is 10.00 Å². The number of para-hydroxylation sites is 1. The predicted molar refractivity (Wildman–Crippen MR) is 81.6 cm³/mol. The Bertz CT molecular complexity index is 748. The van der Waals surface area contributed by atoms with Crippen LogP contribution in [0.3, 0.4) is 0 Å². The predicted octanol–water partition coefficient (Wildman–Crippen LogP) is 1.89. The molecule has 112 valence electrons. The number of ether oxygens (including phenoxy) is 1. The van der Waals surface area contributed by atoms with Gasteiger partial charge in [0.2, 0.25) is 11.7 Å². The molecule has 2 rings (SSSR count). The van der Waals surface area contributed by atoms with Crippen molar-refractivity contribution in [1.29, 1.82) is 5.26 Å². The van der Waals surface area contributed by atoms with Crippen LogP contribution in [-0.4, -0.2) is 30.8 Å². The first kappa shape index (κ1) is 15.7. The summed E-state index contributed by atoms with van der Waals surface area (Å²) >= 11 is 1.25. The maximum atomic E-state index is 12.2. The van der Waals surface area contributed by atoms with E-state index in [-0.39, 0.29) is 5.69 Å². The van der Waals surface area contributed by atoms with Gasteiger partial charge >= 0.3 is 0 Å². The third kappa shape index (κ3) is 2.97. The molecule has 1 atom stereocenters. The van der Waals surface area contributed by atoms with Gasteiger partial charge in [-0.1, -0.05) is 12.1 Å². The van der Waals surface area contributed by atoms with E-state index in [9.17, 15) is 9.59 Å². The van der Waals surface area contributed by atoms with Crippen molar-refractivity contribution >= 4 is 23.0 Å². The fourth-order valence-electron chi connectivity index (χ4n) is 1.86. The number of Topliss-reactive ketones (excluding diaryl/α,β-unsaturated/α-hetero) is 1. The van der Waals surface area contributed by atoms with Crippen molar-refractivity contribution in [3.8, 4) is 22.4 Å². The molecule has 0 bridgehead atoms. The van der Waals surface area contributed by atoms with E-state index in [0.29, 0.717) is 10.8 Å². The molecule has 2 aromatic rings. The zero-order chi connectivity index (χ0) is 16.1. The molecule has 0 saturated heterocycles. The SMILES string of the molecule is CNC(=O)C(C#N)C(=O)c1csc(-c2ccccc2OC)n1. The topological polar surface area (TPSA) is 92.1 Å². The summed E-state index contributed by atoms with van der Waals surface area (Å²) < 4.78 is 5.26. The molecular formula is C15H13N3O3S. The van der Waals surface area contributed by atoms with E-state index >= 15 is 0 Å². The van der Waals surface area contributed by atoms with Crippen molar-refractivity contribution in [2.45, 2.75) is 0 Å². The Morgan fingerprint density at radius 1 is 1.41 bits per heavy atom. The molecule has 1 N–H and O–H groups in total. The molecule has 0 spiro atoms. The molecule has 0 saturated carbocycles. The number of methoxy groups -OCH3 is 1. The monoisotopic (exact) mass is 315 g/mol. The summed E-state index contributed by atoms with van der Waals surface area (Å²) in [5, 5.41) is 13.4. The molecule has 0 radical (unpaired) electrons. The van der Waals surface area contributed by atoms with Crippen molar-refractivity contribution in [3.05, 3.63) is 35.3 Å². The molecule has 1 heterocycles. The Hall–Kier alpha value is -2.72. The summed E-state index contributed by atoms with van der Waals surface area (Å²) in [7, 11) is 2.93. The third-order valence-corrected chi connectivity index (χ3v) is 3.87. The number of carbonyl (C=O) groups is 2. The van der Waals surface area contributed by atoms with Gasteiger partial charge in [0.25, 0.3) is 0 Å². The van der Waals surface area contributed by atoms with Crippen LogP contribution in [0.25, 0.3) is 10.6 Å². The van der Waals surface area contributed by atoms with Crippen LogP contribution in [0.5, 0.6) is 5.75 Å². The number of nitriles is 1. The number of benzene rings is 1. The summed E-state index contributed by atoms with van der Waals surface area (Å²) in [5.41, 5.74) is 0.851. The summed E-state index contributed by atoms with van der Waals surface area (Å²) in [6, 6.07) is 8.99. The van der Waals surface area contributed by atoms with E-state index in [0.717, 1.165) is 5.56 Å². The number of ketones is 1. The number of hydrogen-bond acceptors (Lipinski definition) is 6. The first-order valence-corrected chi connectivity index (χ1v) is 7.24. The zero-order valence-electron chi connectivity index (χ0n) is 12.0. The average Bonchev–Trinajstić information content (AvgIpc) is 3.04. The van der Waals surface area contributed by atoms with Crippen LogP contribution in [0.2, 0.25) is 0 Å². The fraction of sp³-hybridized carbons (Fsp3) is 0.200. The minimum absolute atomic E-state index is 0.0982. The van der Waals surface area contributed by atoms with Gasteiger partial charge in [-0.15, -0.1) is 11.3 Å². The molecule has 22 heavy (non-hydrogen) atoms. The first-order chi connectivity index (χ1) is 10.6. The second-order valence-corrected chi connectivity index (χ2v) is 5.14. The molecule has 0 fully saturated rings. The van der Waals surface area contributed by atoms with Crippen molar-refractivity contribution in [3.63, 3.8) is 0 Å². The lowest BCUT2D eigenvalue weighted by Gasteiger charge is -2.05. The van der Waals surface area contributed by atoms with Crippen molar-refractivity contribution < 1.29 is 14.3 Å². The van der Waals surface area contributed by atoms with Gasteiger partial charge in [0.05, 0.1) is 18.7 Å². The average molecular weight is 315 g/mol. The molecular weight excluding hydrogens is 302 g/mol. The van der Waals surface area contributed by atoms with Crippen LogP contribution in [0, 0.1) is 17.2 Å². The van der Waals surface area contributed by atoms with E-state index in [1.165, 1.54) is 23.8 Å². The molecule has 7 heteroatoms. The van der Waals surface area contributed by atoms with Crippen LogP contribution in [0.4, 0.5) is 0 Å². The number of amides is 1. The molecule has 1 unspecified atom stereocenters. The second kappa shape index (κ2) is 6.83. The van der Waals surface area contributed by atoms with Crippen molar-refractivity contribution in [2.24, 2.45) is 5.92 Å². The standard InChI is InChI=1S/C15H13N3O3S/c1-17-14(20)10(7-16)13(19)11-8-22-15(18-11)9-5-3-4-6-12(9)21-2/h3-6,8,10H,1-2H3,(H,17,20). The van der Waals surface area contributed by atoms with Gasteiger partial charge < -0.3 is 10.1 Å². The highest BCUT2D eigenvalue weighted by atomic mass is 32.1. The van der Waals surface area contributed by atoms with E-state index in [1.54, 1.807) is 19.2 Å². The summed E-state index contributed by atoms with van der Waals surface area (Å²) in [5.74, 6) is -2.00. The Labute approximate surface area is 131 Å². The second-order valence-electron chi connectivity index (χ2n) is 4.28. The lowest BCUT2D eigenvalue weighted by Crippen LogP contribution is -2.32. The summed E-state index contributed by atoms with van der Waals surface area (Å²) in [6.45, 7) is 0. The quantitative estimate of drug-likeness (QED) is 0.672. The van der Waals surface area contributed by atoms with Gasteiger partial charge in [-0.3, -0.25) is 9.59 Å². The molecule has 1 aromatic heterocycles. The summed E-state index contributed by atoms with van der Waals surface area (Å²) in [4.78, 5) is 28.0. The Morgan fingerprint density at radius 2 is 2.14 bits per heavy atom. The summed E-state index contributed by atoms with van der Waals surface area (Å²) in [6.07, 6.45) is 0. The number of rotatable bonds is 5. The molecule has 6 nitrogen and oxygen atoms in total. The number of aromatic nitrogens is 1. The van der Waals surface area contributed by atoms with Gasteiger partial charge in [-0.05, 0) is 12.1 Å². The zero-order valence-corrected chi connectivity index (χ0v) is 12.8. The van der Waals surface area contributed by atoms with Gasteiger partial charge in [0.1, 0.15) is 16.5 Å². The molecule has 0 aliphatic carbocycles. The minimum Gasteiger partial charge on any atom is -0.496 e. The highest BCUT2D eigenvalue weighted by molar-refractivity contribution is 7.13. The largest absolute Gasteiger partial charge is 0.496 e. The van der Waals surface area contributed by atoms with Crippen molar-refractivity contribution in [2.75, 3.05) is 14.2 Å². The Kier molecular flexibility index (Phi) is 4.86. The Morgan fingerprint density at radius 3 is 2.77 bits per heavy atom. The lowest BCUT2D eigenvalue weighted by molar-refractivity contribution is -0.121.